The molecule has 1 N–H and O–H groups in total. The van der Waals surface area contributed by atoms with Crippen LogP contribution in [-0.4, -0.2) is 35.5 Å². The first-order valence-electron chi connectivity index (χ1n) is 9.90. The van der Waals surface area contributed by atoms with Gasteiger partial charge in [0, 0.05) is 18.2 Å². The smallest absolute Gasteiger partial charge is 0.229 e. The number of hydrogen-bond donors (Lipinski definition) is 1. The van der Waals surface area contributed by atoms with Crippen molar-refractivity contribution in [3.8, 4) is 11.8 Å². The summed E-state index contributed by atoms with van der Waals surface area (Å²) in [6.07, 6.45) is 1.93. The van der Waals surface area contributed by atoms with E-state index in [1.807, 2.05) is 30.3 Å². The minimum absolute atomic E-state index is 0.00773. The zero-order valence-corrected chi connectivity index (χ0v) is 16.8. The molecule has 0 atom stereocenters. The number of nitrogens with one attached hydrogen (secondary N) is 1. The lowest BCUT2D eigenvalue weighted by molar-refractivity contribution is -0.115. The standard InChI is InChI=1S/C23H21FN4O3/c24-21-6-3-17(9-19(21)11-25)12-28-8-7-22(27-28)26-23(29)10-16-1-4-20(5-2-16)31-15-18-13-30-14-18/h1-9,18H,10,12-15H2,(H,26,27,29). The summed E-state index contributed by atoms with van der Waals surface area (Å²) in [4.78, 5) is 12.3. The molecular weight excluding hydrogens is 399 g/mol. The van der Waals surface area contributed by atoms with Crippen LogP contribution in [0.4, 0.5) is 10.2 Å². The van der Waals surface area contributed by atoms with Gasteiger partial charge in [0.15, 0.2) is 5.82 Å². The third-order valence-corrected chi connectivity index (χ3v) is 4.88. The molecule has 0 spiro atoms. The van der Waals surface area contributed by atoms with Crippen molar-refractivity contribution in [3.05, 3.63) is 77.2 Å². The fourth-order valence-electron chi connectivity index (χ4n) is 3.13. The molecule has 0 bridgehead atoms. The second kappa shape index (κ2) is 9.41. The number of halogens is 1. The molecular formula is C23H21FN4O3. The monoisotopic (exact) mass is 420 g/mol. The zero-order valence-electron chi connectivity index (χ0n) is 16.8. The molecule has 1 aliphatic heterocycles. The normalized spacial score (nSPS) is 13.3. The van der Waals surface area contributed by atoms with Gasteiger partial charge in [0.05, 0.1) is 38.3 Å². The quantitative estimate of drug-likeness (QED) is 0.605. The van der Waals surface area contributed by atoms with E-state index in [-0.39, 0.29) is 17.9 Å². The molecule has 7 nitrogen and oxygen atoms in total. The summed E-state index contributed by atoms with van der Waals surface area (Å²) >= 11 is 0. The van der Waals surface area contributed by atoms with Crippen LogP contribution in [0.3, 0.4) is 0 Å². The second-order valence-electron chi connectivity index (χ2n) is 7.41. The molecule has 0 unspecified atom stereocenters. The van der Waals surface area contributed by atoms with Crippen molar-refractivity contribution in [2.45, 2.75) is 13.0 Å². The van der Waals surface area contributed by atoms with Crippen LogP contribution in [0.1, 0.15) is 16.7 Å². The van der Waals surface area contributed by atoms with Gasteiger partial charge in [0.1, 0.15) is 17.6 Å². The molecule has 1 aromatic heterocycles. The number of benzene rings is 2. The van der Waals surface area contributed by atoms with E-state index in [1.54, 1.807) is 23.0 Å². The zero-order chi connectivity index (χ0) is 21.6. The summed E-state index contributed by atoms with van der Waals surface area (Å²) in [6, 6.07) is 15.3. The van der Waals surface area contributed by atoms with Crippen molar-refractivity contribution >= 4 is 11.7 Å². The lowest BCUT2D eigenvalue weighted by Gasteiger charge is -2.25. The molecule has 0 radical (unpaired) electrons. The van der Waals surface area contributed by atoms with Gasteiger partial charge < -0.3 is 14.8 Å². The van der Waals surface area contributed by atoms with Gasteiger partial charge >= 0.3 is 0 Å². The van der Waals surface area contributed by atoms with E-state index in [9.17, 15) is 9.18 Å². The van der Waals surface area contributed by atoms with E-state index in [0.717, 1.165) is 30.1 Å². The lowest BCUT2D eigenvalue weighted by Crippen LogP contribution is -2.32. The summed E-state index contributed by atoms with van der Waals surface area (Å²) < 4.78 is 25.9. The summed E-state index contributed by atoms with van der Waals surface area (Å²) in [5.41, 5.74) is 1.60. The molecule has 1 amide bonds. The molecule has 1 aliphatic rings. The molecule has 1 fully saturated rings. The number of amides is 1. The Morgan fingerprint density at radius 3 is 2.71 bits per heavy atom. The molecule has 4 rings (SSSR count). The van der Waals surface area contributed by atoms with Gasteiger partial charge in [0.25, 0.3) is 0 Å². The van der Waals surface area contributed by atoms with Crippen LogP contribution in [0, 0.1) is 23.1 Å². The SMILES string of the molecule is N#Cc1cc(Cn2ccc(NC(=O)Cc3ccc(OCC4COC4)cc3)n2)ccc1F. The van der Waals surface area contributed by atoms with Crippen molar-refractivity contribution in [1.82, 2.24) is 9.78 Å². The Labute approximate surface area is 179 Å². The van der Waals surface area contributed by atoms with Gasteiger partial charge in [-0.05, 0) is 35.4 Å². The Balaban J connectivity index is 1.28. The summed E-state index contributed by atoms with van der Waals surface area (Å²) in [5, 5.41) is 16.0. The third kappa shape index (κ3) is 5.47. The number of nitriles is 1. The highest BCUT2D eigenvalue weighted by Crippen LogP contribution is 2.17. The highest BCUT2D eigenvalue weighted by molar-refractivity contribution is 5.91. The third-order valence-electron chi connectivity index (χ3n) is 4.88. The van der Waals surface area contributed by atoms with Crippen molar-refractivity contribution < 1.29 is 18.7 Å². The van der Waals surface area contributed by atoms with Gasteiger partial charge in [-0.3, -0.25) is 9.48 Å². The molecule has 2 aromatic carbocycles. The van der Waals surface area contributed by atoms with Gasteiger partial charge in [-0.25, -0.2) is 4.39 Å². The van der Waals surface area contributed by atoms with Crippen LogP contribution in [-0.2, 0) is 22.5 Å². The van der Waals surface area contributed by atoms with Crippen LogP contribution in [0.15, 0.2) is 54.7 Å². The molecule has 1 saturated heterocycles. The van der Waals surface area contributed by atoms with E-state index in [2.05, 4.69) is 10.4 Å². The fourth-order valence-corrected chi connectivity index (χ4v) is 3.13. The number of nitrogens with zero attached hydrogens (tertiary/aromatic N) is 3. The van der Waals surface area contributed by atoms with E-state index in [4.69, 9.17) is 14.7 Å². The maximum absolute atomic E-state index is 13.4. The first-order valence-corrected chi connectivity index (χ1v) is 9.90. The minimum Gasteiger partial charge on any atom is -0.493 e. The average molecular weight is 420 g/mol. The Hall–Kier alpha value is -3.70. The van der Waals surface area contributed by atoms with Gasteiger partial charge in [-0.1, -0.05) is 18.2 Å². The molecule has 2 heterocycles. The van der Waals surface area contributed by atoms with Crippen LogP contribution in [0.5, 0.6) is 5.75 Å². The van der Waals surface area contributed by atoms with E-state index in [0.29, 0.717) is 24.9 Å². The van der Waals surface area contributed by atoms with E-state index in [1.165, 1.54) is 12.1 Å². The Kier molecular flexibility index (Phi) is 6.24. The first kappa shape index (κ1) is 20.6. The van der Waals surface area contributed by atoms with E-state index < -0.39 is 5.82 Å². The van der Waals surface area contributed by atoms with Crippen molar-refractivity contribution in [1.29, 1.82) is 5.26 Å². The van der Waals surface area contributed by atoms with Crippen molar-refractivity contribution in [2.75, 3.05) is 25.1 Å². The highest BCUT2D eigenvalue weighted by atomic mass is 19.1. The van der Waals surface area contributed by atoms with Gasteiger partial charge in [-0.2, -0.15) is 10.4 Å². The number of aromatic nitrogens is 2. The van der Waals surface area contributed by atoms with E-state index >= 15 is 0 Å². The predicted molar refractivity (Wildman–Crippen MR) is 111 cm³/mol. The topological polar surface area (TPSA) is 89.2 Å². The second-order valence-corrected chi connectivity index (χ2v) is 7.41. The number of carbonyl (C=O) groups is 1. The molecule has 0 saturated carbocycles. The summed E-state index contributed by atoms with van der Waals surface area (Å²) in [5.74, 6) is 0.929. The van der Waals surface area contributed by atoms with Gasteiger partial charge in [-0.15, -0.1) is 0 Å². The van der Waals surface area contributed by atoms with Gasteiger partial charge in [0.2, 0.25) is 5.91 Å². The predicted octanol–water partition coefficient (Wildman–Crippen LogP) is 3.15. The molecule has 3 aromatic rings. The van der Waals surface area contributed by atoms with Crippen LogP contribution in [0.2, 0.25) is 0 Å². The maximum Gasteiger partial charge on any atom is 0.229 e. The summed E-state index contributed by atoms with van der Waals surface area (Å²) in [6.45, 7) is 2.50. The van der Waals surface area contributed by atoms with Crippen LogP contribution < -0.4 is 10.1 Å². The van der Waals surface area contributed by atoms with Crippen LogP contribution in [0.25, 0.3) is 0 Å². The molecule has 8 heteroatoms. The Morgan fingerprint density at radius 2 is 2.00 bits per heavy atom. The highest BCUT2D eigenvalue weighted by Gasteiger charge is 2.18. The minimum atomic E-state index is -0.549. The Bertz CT molecular complexity index is 1100. The number of rotatable bonds is 8. The fraction of sp³-hybridized carbons (Fsp3) is 0.261. The van der Waals surface area contributed by atoms with Crippen molar-refractivity contribution in [3.63, 3.8) is 0 Å². The number of carbonyl (C=O) groups excluding carboxylic acids is 1. The average Bonchev–Trinajstić information content (AvgIpc) is 3.16. The first-order chi connectivity index (χ1) is 15.1. The van der Waals surface area contributed by atoms with Crippen LogP contribution >= 0.6 is 0 Å². The molecule has 0 aliphatic carbocycles. The summed E-state index contributed by atoms with van der Waals surface area (Å²) in [7, 11) is 0. The number of ether oxygens (including phenoxy) is 2. The number of anilines is 1. The maximum atomic E-state index is 13.4. The number of hydrogen-bond acceptors (Lipinski definition) is 5. The Morgan fingerprint density at radius 1 is 1.23 bits per heavy atom. The molecule has 31 heavy (non-hydrogen) atoms. The molecule has 158 valence electrons. The van der Waals surface area contributed by atoms with Crippen molar-refractivity contribution in [2.24, 2.45) is 5.92 Å². The largest absolute Gasteiger partial charge is 0.493 e. The lowest BCUT2D eigenvalue weighted by atomic mass is 10.1.